The normalized spacial score (nSPS) is 29.0. The summed E-state index contributed by atoms with van der Waals surface area (Å²) in [6, 6.07) is 3.70. The van der Waals surface area contributed by atoms with E-state index in [0.29, 0.717) is 5.56 Å². The summed E-state index contributed by atoms with van der Waals surface area (Å²) >= 11 is 0. The van der Waals surface area contributed by atoms with Crippen molar-refractivity contribution in [3.63, 3.8) is 0 Å². The van der Waals surface area contributed by atoms with Crippen LogP contribution in [0.15, 0.2) is 29.8 Å². The van der Waals surface area contributed by atoms with Gasteiger partial charge < -0.3 is 19.3 Å². The molecule has 1 spiro atoms. The summed E-state index contributed by atoms with van der Waals surface area (Å²) < 4.78 is 58.8. The molecule has 1 aliphatic carbocycles. The summed E-state index contributed by atoms with van der Waals surface area (Å²) in [5.41, 5.74) is 0.540. The second kappa shape index (κ2) is 8.62. The molecule has 0 aromatic heterocycles. The van der Waals surface area contributed by atoms with Crippen molar-refractivity contribution in [2.24, 2.45) is 0 Å². The quantitative estimate of drug-likeness (QED) is 0.647. The molecule has 8 nitrogen and oxygen atoms in total. The molecular weight excluding hydrogens is 417 g/mol. The van der Waals surface area contributed by atoms with E-state index < -0.39 is 45.1 Å². The maximum absolute atomic E-state index is 13.4. The van der Waals surface area contributed by atoms with Gasteiger partial charge in [0, 0.05) is 6.42 Å². The molecule has 0 saturated carbocycles. The summed E-state index contributed by atoms with van der Waals surface area (Å²) in [6.07, 6.45) is 0.540. The molecule has 1 saturated heterocycles. The zero-order valence-corrected chi connectivity index (χ0v) is 17.9. The molecule has 2 unspecified atom stereocenters. The third-order valence-corrected chi connectivity index (χ3v) is 6.99. The number of carbonyl (C=O) groups excluding carboxylic acids is 1. The molecule has 2 N–H and O–H groups in total. The third-order valence-electron chi connectivity index (χ3n) is 5.24. The first kappa shape index (κ1) is 22.7. The predicted octanol–water partition coefficient (Wildman–Crippen LogP) is 2.02. The van der Waals surface area contributed by atoms with E-state index >= 15 is 0 Å². The highest BCUT2D eigenvalue weighted by Gasteiger charge is 2.50. The molecule has 0 bridgehead atoms. The van der Waals surface area contributed by atoms with Crippen LogP contribution in [0.4, 0.5) is 10.1 Å². The minimum atomic E-state index is -4.07. The monoisotopic (exact) mass is 443 g/mol. The zero-order chi connectivity index (χ0) is 22.1. The Balaban J connectivity index is 1.95. The van der Waals surface area contributed by atoms with Crippen molar-refractivity contribution in [1.82, 2.24) is 0 Å². The Bertz CT molecular complexity index is 948. The van der Waals surface area contributed by atoms with E-state index in [9.17, 15) is 22.7 Å². The molecule has 1 aromatic carbocycles. The lowest BCUT2D eigenvalue weighted by Crippen LogP contribution is -2.42. The van der Waals surface area contributed by atoms with Gasteiger partial charge in [-0.2, -0.15) is 0 Å². The van der Waals surface area contributed by atoms with Gasteiger partial charge in [0.25, 0.3) is 0 Å². The minimum Gasteiger partial charge on any atom is -0.463 e. The number of esters is 1. The molecule has 4 atom stereocenters. The Morgan fingerprint density at radius 2 is 2.13 bits per heavy atom. The topological polar surface area (TPSA) is 111 Å². The van der Waals surface area contributed by atoms with Crippen molar-refractivity contribution in [2.45, 2.75) is 56.9 Å². The van der Waals surface area contributed by atoms with Crippen LogP contribution in [0.25, 0.3) is 0 Å². The van der Waals surface area contributed by atoms with E-state index in [1.54, 1.807) is 20.8 Å². The first-order valence-corrected chi connectivity index (χ1v) is 11.3. The third kappa shape index (κ3) is 4.51. The Morgan fingerprint density at radius 1 is 1.40 bits per heavy atom. The van der Waals surface area contributed by atoms with Crippen LogP contribution in [0, 0.1) is 12.7 Å². The van der Waals surface area contributed by atoms with Crippen molar-refractivity contribution in [3.05, 3.63) is 41.2 Å². The van der Waals surface area contributed by atoms with Gasteiger partial charge in [-0.1, -0.05) is 0 Å². The molecule has 0 radical (unpaired) electrons. The summed E-state index contributed by atoms with van der Waals surface area (Å²) in [6.45, 7) is 4.73. The number of benzene rings is 1. The summed E-state index contributed by atoms with van der Waals surface area (Å²) in [5, 5.41) is 8.24. The highest BCUT2D eigenvalue weighted by atomic mass is 32.2. The largest absolute Gasteiger partial charge is 0.463 e. The number of nitrogens with one attached hydrogen (secondary N) is 1. The lowest BCUT2D eigenvalue weighted by molar-refractivity contribution is -0.152. The van der Waals surface area contributed by atoms with Crippen molar-refractivity contribution in [3.8, 4) is 0 Å². The second-order valence-corrected chi connectivity index (χ2v) is 9.29. The predicted molar refractivity (Wildman–Crippen MR) is 107 cm³/mol. The maximum atomic E-state index is 13.4. The van der Waals surface area contributed by atoms with Crippen molar-refractivity contribution >= 4 is 21.7 Å². The number of carbonyl (C=O) groups is 1. The highest BCUT2D eigenvalue weighted by molar-refractivity contribution is 7.93. The number of ether oxygens (including phenoxy) is 3. The van der Waals surface area contributed by atoms with E-state index in [1.807, 2.05) is 0 Å². The molecule has 1 aromatic rings. The Morgan fingerprint density at radius 3 is 2.73 bits per heavy atom. The fourth-order valence-corrected chi connectivity index (χ4v) is 5.33. The number of halogens is 1. The fraction of sp³-hybridized carbons (Fsp3) is 0.550. The molecular formula is C20H26FNO7S. The maximum Gasteiger partial charge on any atom is 0.335 e. The summed E-state index contributed by atoms with van der Waals surface area (Å²) in [7, 11) is -4.07. The molecule has 10 heteroatoms. The van der Waals surface area contributed by atoms with Crippen LogP contribution in [0.2, 0.25) is 0 Å². The fourth-order valence-electron chi connectivity index (χ4n) is 3.72. The SMILES string of the molecule is CCOC(=O)C1=CC2(CCC1S(=O)(=O)Nc1ccc(F)cc1C)O[C@@H](C)[C@H](CO)O2. The average Bonchev–Trinajstić information content (AvgIpc) is 2.98. The number of rotatable bonds is 6. The van der Waals surface area contributed by atoms with Gasteiger partial charge in [-0.15, -0.1) is 0 Å². The second-order valence-electron chi connectivity index (χ2n) is 7.43. The highest BCUT2D eigenvalue weighted by Crippen LogP contribution is 2.41. The van der Waals surface area contributed by atoms with E-state index in [2.05, 4.69) is 4.72 Å². The summed E-state index contributed by atoms with van der Waals surface area (Å²) in [5.74, 6) is -2.56. The number of hydrogen-bond donors (Lipinski definition) is 2. The Labute approximate surface area is 175 Å². The first-order valence-electron chi connectivity index (χ1n) is 9.75. The standard InChI is InChI=1S/C20H26FNO7S/c1-4-27-19(24)15-10-20(28-13(3)17(11-23)29-20)8-7-18(15)30(25,26)22-16-6-5-14(21)9-12(16)2/h5-6,9-10,13,17-18,22-23H,4,7-8,11H2,1-3H3/t13-,17-,18?,20?/m0/s1. The van der Waals surface area contributed by atoms with Crippen molar-refractivity contribution < 1.29 is 36.9 Å². The van der Waals surface area contributed by atoms with Gasteiger partial charge in [-0.05, 0) is 57.0 Å². The van der Waals surface area contributed by atoms with E-state index in [1.165, 1.54) is 18.2 Å². The Hall–Kier alpha value is -2.01. The van der Waals surface area contributed by atoms with Gasteiger partial charge in [-0.3, -0.25) is 4.72 Å². The smallest absolute Gasteiger partial charge is 0.335 e. The van der Waals surface area contributed by atoms with Gasteiger partial charge in [0.2, 0.25) is 10.0 Å². The van der Waals surface area contributed by atoms with E-state index in [-0.39, 0.29) is 37.3 Å². The number of aryl methyl sites for hydroxylation is 1. The van der Waals surface area contributed by atoms with Gasteiger partial charge >= 0.3 is 5.97 Å². The molecule has 1 fully saturated rings. The number of sulfonamides is 1. The number of anilines is 1. The van der Waals surface area contributed by atoms with Crippen LogP contribution in [-0.4, -0.2) is 56.0 Å². The zero-order valence-electron chi connectivity index (χ0n) is 17.1. The van der Waals surface area contributed by atoms with Gasteiger partial charge in [0.05, 0.1) is 30.6 Å². The van der Waals surface area contributed by atoms with Crippen LogP contribution in [0.5, 0.6) is 0 Å². The summed E-state index contributed by atoms with van der Waals surface area (Å²) in [4.78, 5) is 12.6. The van der Waals surface area contributed by atoms with Gasteiger partial charge in [-0.25, -0.2) is 17.6 Å². The van der Waals surface area contributed by atoms with Crippen LogP contribution in [0.1, 0.15) is 32.3 Å². The van der Waals surface area contributed by atoms with Crippen molar-refractivity contribution in [2.75, 3.05) is 17.9 Å². The molecule has 30 heavy (non-hydrogen) atoms. The van der Waals surface area contributed by atoms with Crippen LogP contribution in [-0.2, 0) is 29.0 Å². The molecule has 3 rings (SSSR count). The lowest BCUT2D eigenvalue weighted by Gasteiger charge is -2.33. The first-order chi connectivity index (χ1) is 14.1. The molecule has 1 heterocycles. The number of aliphatic hydroxyl groups excluding tert-OH is 1. The van der Waals surface area contributed by atoms with Gasteiger partial charge in [0.1, 0.15) is 17.2 Å². The van der Waals surface area contributed by atoms with Crippen molar-refractivity contribution in [1.29, 1.82) is 0 Å². The molecule has 2 aliphatic rings. The van der Waals surface area contributed by atoms with E-state index in [4.69, 9.17) is 14.2 Å². The molecule has 0 amide bonds. The minimum absolute atomic E-state index is 0.0328. The van der Waals surface area contributed by atoms with Crippen LogP contribution >= 0.6 is 0 Å². The number of aliphatic hydroxyl groups is 1. The van der Waals surface area contributed by atoms with Gasteiger partial charge in [0.15, 0.2) is 5.79 Å². The van der Waals surface area contributed by atoms with Crippen LogP contribution in [0.3, 0.4) is 0 Å². The van der Waals surface area contributed by atoms with Crippen LogP contribution < -0.4 is 4.72 Å². The Kier molecular flexibility index (Phi) is 6.51. The molecule has 1 aliphatic heterocycles. The number of hydrogen-bond acceptors (Lipinski definition) is 7. The lowest BCUT2D eigenvalue weighted by atomic mass is 9.94. The average molecular weight is 443 g/mol. The molecule has 166 valence electrons. The van der Waals surface area contributed by atoms with E-state index in [0.717, 1.165) is 6.07 Å².